The van der Waals surface area contributed by atoms with Crippen LogP contribution in [0.2, 0.25) is 0 Å². The first-order valence-electron chi connectivity index (χ1n) is 5.90. The van der Waals surface area contributed by atoms with Gasteiger partial charge in [-0.15, -0.1) is 0 Å². The third kappa shape index (κ3) is 2.62. The second kappa shape index (κ2) is 5.03. The SMILES string of the molecule is C[C@H](O)c1ccc(Sc2nc3ccccc3o2)cn1. The molecule has 0 aliphatic heterocycles. The van der Waals surface area contributed by atoms with Gasteiger partial charge in [0.05, 0.1) is 11.8 Å². The van der Waals surface area contributed by atoms with Crippen molar-refractivity contribution in [2.75, 3.05) is 0 Å². The smallest absolute Gasteiger partial charge is 0.261 e. The normalized spacial score (nSPS) is 12.7. The molecule has 1 atom stereocenters. The van der Waals surface area contributed by atoms with Gasteiger partial charge in [-0.05, 0) is 43.0 Å². The van der Waals surface area contributed by atoms with Crippen molar-refractivity contribution < 1.29 is 9.52 Å². The van der Waals surface area contributed by atoms with Gasteiger partial charge in [0, 0.05) is 11.1 Å². The Morgan fingerprint density at radius 2 is 2.05 bits per heavy atom. The predicted octanol–water partition coefficient (Wildman–Crippen LogP) is 3.43. The van der Waals surface area contributed by atoms with Crippen LogP contribution in [-0.4, -0.2) is 15.1 Å². The van der Waals surface area contributed by atoms with Crippen LogP contribution < -0.4 is 0 Å². The number of aliphatic hydroxyl groups excluding tert-OH is 1. The molecule has 0 fully saturated rings. The van der Waals surface area contributed by atoms with E-state index in [4.69, 9.17) is 4.42 Å². The first kappa shape index (κ1) is 12.2. The molecule has 0 amide bonds. The number of pyridine rings is 1. The Kier molecular flexibility index (Phi) is 3.23. The monoisotopic (exact) mass is 272 g/mol. The Bertz CT molecular complexity index is 659. The molecule has 1 N–H and O–H groups in total. The Morgan fingerprint density at radius 3 is 2.74 bits per heavy atom. The second-order valence-corrected chi connectivity index (χ2v) is 5.17. The number of benzene rings is 1. The summed E-state index contributed by atoms with van der Waals surface area (Å²) < 4.78 is 5.62. The summed E-state index contributed by atoms with van der Waals surface area (Å²) >= 11 is 1.41. The molecule has 3 rings (SSSR count). The molecule has 1 aromatic carbocycles. The highest BCUT2D eigenvalue weighted by atomic mass is 32.2. The summed E-state index contributed by atoms with van der Waals surface area (Å²) in [6, 6.07) is 11.3. The largest absolute Gasteiger partial charge is 0.431 e. The van der Waals surface area contributed by atoms with Gasteiger partial charge in [-0.3, -0.25) is 4.98 Å². The number of hydrogen-bond acceptors (Lipinski definition) is 5. The Hall–Kier alpha value is -1.85. The molecule has 0 saturated heterocycles. The molecule has 0 bridgehead atoms. The lowest BCUT2D eigenvalue weighted by Crippen LogP contribution is -1.94. The summed E-state index contributed by atoms with van der Waals surface area (Å²) in [5, 5.41) is 9.99. The summed E-state index contributed by atoms with van der Waals surface area (Å²) in [5.41, 5.74) is 2.28. The third-order valence-electron chi connectivity index (χ3n) is 2.67. The van der Waals surface area contributed by atoms with E-state index < -0.39 is 6.10 Å². The number of aromatic nitrogens is 2. The van der Waals surface area contributed by atoms with E-state index in [2.05, 4.69) is 9.97 Å². The number of fused-ring (bicyclic) bond motifs is 1. The molecule has 0 aliphatic carbocycles. The van der Waals surface area contributed by atoms with Gasteiger partial charge < -0.3 is 9.52 Å². The average molecular weight is 272 g/mol. The van der Waals surface area contributed by atoms with Gasteiger partial charge in [0.1, 0.15) is 5.52 Å². The lowest BCUT2D eigenvalue weighted by atomic mass is 10.2. The molecule has 3 aromatic rings. The van der Waals surface area contributed by atoms with E-state index in [1.54, 1.807) is 19.2 Å². The Morgan fingerprint density at radius 1 is 1.21 bits per heavy atom. The Balaban J connectivity index is 1.84. The molecule has 0 spiro atoms. The van der Waals surface area contributed by atoms with E-state index in [-0.39, 0.29) is 0 Å². The number of oxazole rings is 1. The van der Waals surface area contributed by atoms with Crippen molar-refractivity contribution in [1.82, 2.24) is 9.97 Å². The molecule has 0 unspecified atom stereocenters. The van der Waals surface area contributed by atoms with E-state index in [1.807, 2.05) is 30.3 Å². The van der Waals surface area contributed by atoms with Crippen LogP contribution in [0, 0.1) is 0 Å². The standard InChI is InChI=1S/C14H12N2O2S/c1-9(17)11-7-6-10(8-15-11)19-14-16-12-4-2-3-5-13(12)18-14/h2-9,17H,1H3/t9-/m0/s1. The van der Waals surface area contributed by atoms with Crippen LogP contribution in [0.4, 0.5) is 0 Å². The summed E-state index contributed by atoms with van der Waals surface area (Å²) in [6.45, 7) is 1.69. The van der Waals surface area contributed by atoms with Crippen LogP contribution in [0.25, 0.3) is 11.1 Å². The zero-order valence-electron chi connectivity index (χ0n) is 10.3. The van der Waals surface area contributed by atoms with Crippen molar-refractivity contribution in [3.05, 3.63) is 48.3 Å². The van der Waals surface area contributed by atoms with Crippen molar-refractivity contribution in [3.63, 3.8) is 0 Å². The number of aliphatic hydroxyl groups is 1. The minimum absolute atomic E-state index is 0.552. The van der Waals surface area contributed by atoms with E-state index in [0.29, 0.717) is 10.9 Å². The van der Waals surface area contributed by atoms with Crippen LogP contribution >= 0.6 is 11.8 Å². The van der Waals surface area contributed by atoms with E-state index in [1.165, 1.54) is 11.8 Å². The third-order valence-corrected chi connectivity index (χ3v) is 3.49. The van der Waals surface area contributed by atoms with Gasteiger partial charge in [-0.2, -0.15) is 0 Å². The van der Waals surface area contributed by atoms with Gasteiger partial charge in [0.25, 0.3) is 5.22 Å². The quantitative estimate of drug-likeness (QED) is 0.791. The summed E-state index contributed by atoms with van der Waals surface area (Å²) in [4.78, 5) is 9.50. The van der Waals surface area contributed by atoms with E-state index in [0.717, 1.165) is 16.0 Å². The minimum atomic E-state index is -0.552. The number of rotatable bonds is 3. The minimum Gasteiger partial charge on any atom is -0.431 e. The van der Waals surface area contributed by atoms with Gasteiger partial charge in [0.15, 0.2) is 5.58 Å². The van der Waals surface area contributed by atoms with Crippen molar-refractivity contribution >= 4 is 22.9 Å². The summed E-state index contributed by atoms with van der Waals surface area (Å²) in [6.07, 6.45) is 1.16. The first-order chi connectivity index (χ1) is 9.22. The van der Waals surface area contributed by atoms with Crippen LogP contribution in [0.1, 0.15) is 18.7 Å². The molecule has 0 saturated carbocycles. The highest BCUT2D eigenvalue weighted by Crippen LogP contribution is 2.29. The first-order valence-corrected chi connectivity index (χ1v) is 6.71. The summed E-state index contributed by atoms with van der Waals surface area (Å²) in [7, 11) is 0. The van der Waals surface area contributed by atoms with E-state index >= 15 is 0 Å². The molecule has 2 aromatic heterocycles. The maximum Gasteiger partial charge on any atom is 0.261 e. The zero-order chi connectivity index (χ0) is 13.2. The van der Waals surface area contributed by atoms with Gasteiger partial charge in [0.2, 0.25) is 0 Å². The van der Waals surface area contributed by atoms with Gasteiger partial charge in [-0.25, -0.2) is 4.98 Å². The maximum absolute atomic E-state index is 9.40. The van der Waals surface area contributed by atoms with Crippen LogP contribution in [0.5, 0.6) is 0 Å². The number of nitrogens with zero attached hydrogens (tertiary/aromatic N) is 2. The zero-order valence-corrected chi connectivity index (χ0v) is 11.1. The maximum atomic E-state index is 9.40. The molecular weight excluding hydrogens is 260 g/mol. The lowest BCUT2D eigenvalue weighted by Gasteiger charge is -2.03. The van der Waals surface area contributed by atoms with Crippen molar-refractivity contribution in [2.24, 2.45) is 0 Å². The van der Waals surface area contributed by atoms with E-state index in [9.17, 15) is 5.11 Å². The lowest BCUT2D eigenvalue weighted by molar-refractivity contribution is 0.194. The van der Waals surface area contributed by atoms with Gasteiger partial charge >= 0.3 is 0 Å². The topological polar surface area (TPSA) is 59.2 Å². The van der Waals surface area contributed by atoms with Gasteiger partial charge in [-0.1, -0.05) is 12.1 Å². The molecule has 2 heterocycles. The number of hydrogen-bond donors (Lipinski definition) is 1. The fourth-order valence-corrected chi connectivity index (χ4v) is 2.41. The molecule has 0 radical (unpaired) electrons. The molecule has 5 heteroatoms. The molecular formula is C14H12N2O2S. The molecule has 19 heavy (non-hydrogen) atoms. The average Bonchev–Trinajstić information content (AvgIpc) is 2.81. The van der Waals surface area contributed by atoms with Crippen molar-refractivity contribution in [3.8, 4) is 0 Å². The molecule has 96 valence electrons. The predicted molar refractivity (Wildman–Crippen MR) is 73.0 cm³/mol. The highest BCUT2D eigenvalue weighted by molar-refractivity contribution is 7.99. The molecule has 0 aliphatic rings. The van der Waals surface area contributed by atoms with Crippen molar-refractivity contribution in [1.29, 1.82) is 0 Å². The highest BCUT2D eigenvalue weighted by Gasteiger charge is 2.08. The summed E-state index contributed by atoms with van der Waals surface area (Å²) in [5.74, 6) is 0. The number of para-hydroxylation sites is 2. The van der Waals surface area contributed by atoms with Crippen LogP contribution in [-0.2, 0) is 0 Å². The molecule has 4 nitrogen and oxygen atoms in total. The van der Waals surface area contributed by atoms with Crippen LogP contribution in [0.3, 0.4) is 0 Å². The van der Waals surface area contributed by atoms with Crippen LogP contribution in [0.15, 0.2) is 57.1 Å². The Labute approximate surface area is 114 Å². The van der Waals surface area contributed by atoms with Crippen molar-refractivity contribution in [2.45, 2.75) is 23.1 Å². The fraction of sp³-hybridized carbons (Fsp3) is 0.143. The second-order valence-electron chi connectivity index (χ2n) is 4.14. The fourth-order valence-electron chi connectivity index (χ4n) is 1.69.